The van der Waals surface area contributed by atoms with Crippen LogP contribution in [0.2, 0.25) is 0 Å². The van der Waals surface area contributed by atoms with Gasteiger partial charge in [-0.25, -0.2) is 0 Å². The fraction of sp³-hybridized carbons (Fsp3) is 0.778. The van der Waals surface area contributed by atoms with Crippen LogP contribution in [0.3, 0.4) is 0 Å². The first kappa shape index (κ1) is 82.8. The fourth-order valence-electron chi connectivity index (χ4n) is 11.2. The molecule has 498 valence electrons. The van der Waals surface area contributed by atoms with Crippen LogP contribution >= 0.6 is 0 Å². The van der Waals surface area contributed by atoms with Gasteiger partial charge in [-0.2, -0.15) is 0 Å². The third kappa shape index (κ3) is 73.3. The van der Waals surface area contributed by atoms with Crippen LogP contribution in [-0.2, 0) is 19.1 Å². The highest BCUT2D eigenvalue weighted by molar-refractivity contribution is 5.70. The van der Waals surface area contributed by atoms with Gasteiger partial charge in [-0.05, 0) is 96.3 Å². The molecule has 0 aromatic heterocycles. The zero-order valence-electron chi connectivity index (χ0n) is 57.3. The Labute approximate surface area is 536 Å². The van der Waals surface area contributed by atoms with Crippen molar-refractivity contribution >= 4 is 11.9 Å². The number of hydrogen-bond acceptors (Lipinski definition) is 5. The molecule has 5 heteroatoms. The van der Waals surface area contributed by atoms with Crippen molar-refractivity contribution in [3.63, 3.8) is 0 Å². The molecule has 1 atom stereocenters. The van der Waals surface area contributed by atoms with Crippen molar-refractivity contribution in [3.05, 3.63) is 97.2 Å². The van der Waals surface area contributed by atoms with Crippen molar-refractivity contribution in [3.8, 4) is 0 Å². The molecule has 0 aliphatic rings. The second-order valence-corrected chi connectivity index (χ2v) is 25.3. The van der Waals surface area contributed by atoms with Crippen molar-refractivity contribution < 1.29 is 24.2 Å². The summed E-state index contributed by atoms with van der Waals surface area (Å²) in [5, 5.41) is 9.72. The van der Waals surface area contributed by atoms with Gasteiger partial charge in [-0.15, -0.1) is 0 Å². The molecule has 1 unspecified atom stereocenters. The zero-order valence-corrected chi connectivity index (χ0v) is 57.3. The van der Waals surface area contributed by atoms with Crippen LogP contribution in [0.1, 0.15) is 386 Å². The first-order chi connectivity index (χ1) is 42.6. The number of allylic oxidation sites excluding steroid dienone is 16. The van der Waals surface area contributed by atoms with Gasteiger partial charge in [0.15, 0.2) is 6.10 Å². The number of aliphatic hydroxyl groups excluding tert-OH is 1. The van der Waals surface area contributed by atoms with Gasteiger partial charge in [0.2, 0.25) is 0 Å². The van der Waals surface area contributed by atoms with Crippen LogP contribution < -0.4 is 0 Å². The van der Waals surface area contributed by atoms with Crippen molar-refractivity contribution in [1.29, 1.82) is 0 Å². The highest BCUT2D eigenvalue weighted by atomic mass is 16.6. The molecule has 0 saturated carbocycles. The maximum atomic E-state index is 12.4. The molecule has 86 heavy (non-hydrogen) atoms. The lowest BCUT2D eigenvalue weighted by molar-refractivity contribution is -0.161. The topological polar surface area (TPSA) is 72.8 Å². The summed E-state index contributed by atoms with van der Waals surface area (Å²) in [4.78, 5) is 24.7. The molecule has 0 rings (SSSR count). The molecule has 5 nitrogen and oxygen atoms in total. The molecule has 0 fully saturated rings. The van der Waals surface area contributed by atoms with E-state index < -0.39 is 6.10 Å². The quantitative estimate of drug-likeness (QED) is 0.0373. The average molecular weight is 1200 g/mol. The van der Waals surface area contributed by atoms with E-state index in [9.17, 15) is 14.7 Å². The lowest BCUT2D eigenvalue weighted by atomic mass is 10.0. The summed E-state index contributed by atoms with van der Waals surface area (Å²) in [6, 6.07) is 0. The Balaban J connectivity index is 3.41. The minimum Gasteiger partial charge on any atom is -0.462 e. The summed E-state index contributed by atoms with van der Waals surface area (Å²) in [7, 11) is 0. The molecule has 0 spiro atoms. The number of ether oxygens (including phenoxy) is 2. The minimum absolute atomic E-state index is 0.0658. The normalized spacial score (nSPS) is 12.7. The van der Waals surface area contributed by atoms with E-state index >= 15 is 0 Å². The van der Waals surface area contributed by atoms with E-state index in [1.807, 2.05) is 0 Å². The predicted molar refractivity (Wildman–Crippen MR) is 380 cm³/mol. The van der Waals surface area contributed by atoms with Gasteiger partial charge >= 0.3 is 11.9 Å². The highest BCUT2D eigenvalue weighted by Gasteiger charge is 2.16. The minimum atomic E-state index is -0.778. The molecule has 0 aliphatic heterocycles. The number of aliphatic hydroxyl groups is 1. The Kier molecular flexibility index (Phi) is 73.3. The Morgan fingerprint density at radius 2 is 0.500 bits per heavy atom. The monoisotopic (exact) mass is 1200 g/mol. The Morgan fingerprint density at radius 1 is 0.279 bits per heavy atom. The van der Waals surface area contributed by atoms with E-state index in [-0.39, 0.29) is 25.2 Å². The van der Waals surface area contributed by atoms with Crippen LogP contribution in [0, 0.1) is 0 Å². The van der Waals surface area contributed by atoms with Gasteiger partial charge in [0.1, 0.15) is 6.61 Å². The van der Waals surface area contributed by atoms with Crippen molar-refractivity contribution in [2.24, 2.45) is 0 Å². The van der Waals surface area contributed by atoms with Gasteiger partial charge in [0, 0.05) is 12.8 Å². The highest BCUT2D eigenvalue weighted by Crippen LogP contribution is 2.19. The third-order valence-electron chi connectivity index (χ3n) is 16.9. The van der Waals surface area contributed by atoms with Crippen LogP contribution in [0.25, 0.3) is 0 Å². The Bertz CT molecular complexity index is 1600. The second-order valence-electron chi connectivity index (χ2n) is 25.3. The van der Waals surface area contributed by atoms with E-state index in [4.69, 9.17) is 9.47 Å². The van der Waals surface area contributed by atoms with E-state index in [0.717, 1.165) is 83.5 Å². The maximum absolute atomic E-state index is 12.4. The molecule has 0 heterocycles. The number of rotatable bonds is 70. The second kappa shape index (κ2) is 76.1. The molecule has 0 radical (unpaired) electrons. The van der Waals surface area contributed by atoms with Gasteiger partial charge < -0.3 is 14.6 Å². The summed E-state index contributed by atoms with van der Waals surface area (Å²) < 4.78 is 10.8. The van der Waals surface area contributed by atoms with Crippen LogP contribution in [0.4, 0.5) is 0 Å². The summed E-state index contributed by atoms with van der Waals surface area (Å²) in [5.74, 6) is -0.578. The molecule has 0 aliphatic carbocycles. The smallest absolute Gasteiger partial charge is 0.306 e. The SMILES string of the molecule is CC/C=C\C/C=C\C/C=C\C/C=C\C/C=C\C/C=C\CCCCCCCCCCCCCCC(=O)OC(CO)COC(=O)CCCCCCCCCCCCCCCCCCCCCCCCCCCCCCC/C=C\C/C=C\CCCCCCC. The standard InChI is InChI=1S/C81H144O5/c1-3-5-7-9-11-13-15-17-19-21-23-25-27-29-31-33-35-36-37-38-39-40-41-42-43-44-46-47-49-51-53-55-57-59-61-63-65-67-69-71-73-75-80(83)85-78-79(77-82)86-81(84)76-74-72-70-68-66-64-62-60-58-56-54-52-50-48-45-34-32-30-28-26-24-22-20-18-16-14-12-10-8-6-4-2/h6,8,12,14-15,17-18,20-21,23-24,26,30,32,45,48,79,82H,3-5,7,9-11,13,16,19,22,25,27-29,31,33-44,46-47,49-78H2,1-2H3/b8-6-,14-12-,17-15-,20-18-,23-21-,26-24-,32-30-,48-45-. The molecular weight excluding hydrogens is 1050 g/mol. The van der Waals surface area contributed by atoms with Crippen LogP contribution in [0.15, 0.2) is 97.2 Å². The number of unbranched alkanes of at least 4 members (excludes halogenated alkanes) is 46. The predicted octanol–water partition coefficient (Wildman–Crippen LogP) is 26.5. The number of carbonyl (C=O) groups is 2. The molecular formula is C81H144O5. The first-order valence-corrected chi connectivity index (χ1v) is 37.8. The van der Waals surface area contributed by atoms with E-state index in [1.54, 1.807) is 0 Å². The summed E-state index contributed by atoms with van der Waals surface area (Å²) in [6.07, 6.45) is 109. The van der Waals surface area contributed by atoms with Crippen molar-refractivity contribution in [2.45, 2.75) is 392 Å². The van der Waals surface area contributed by atoms with Crippen LogP contribution in [-0.4, -0.2) is 36.4 Å². The Hall–Kier alpha value is -3.18. The van der Waals surface area contributed by atoms with Gasteiger partial charge in [-0.1, -0.05) is 374 Å². The zero-order chi connectivity index (χ0) is 61.9. The fourth-order valence-corrected chi connectivity index (χ4v) is 11.2. The molecule has 1 N–H and O–H groups in total. The maximum Gasteiger partial charge on any atom is 0.306 e. The summed E-state index contributed by atoms with van der Waals surface area (Å²) in [6.45, 7) is 4.06. The molecule has 0 aromatic carbocycles. The lowest BCUT2D eigenvalue weighted by Crippen LogP contribution is -2.28. The third-order valence-corrected chi connectivity index (χ3v) is 16.9. The summed E-state index contributed by atoms with van der Waals surface area (Å²) in [5.41, 5.74) is 0. The van der Waals surface area contributed by atoms with Crippen LogP contribution in [0.5, 0.6) is 0 Å². The summed E-state index contributed by atoms with van der Waals surface area (Å²) >= 11 is 0. The van der Waals surface area contributed by atoms with Gasteiger partial charge in [0.25, 0.3) is 0 Å². The van der Waals surface area contributed by atoms with E-state index in [2.05, 4.69) is 111 Å². The van der Waals surface area contributed by atoms with E-state index in [0.29, 0.717) is 12.8 Å². The first-order valence-electron chi connectivity index (χ1n) is 37.8. The largest absolute Gasteiger partial charge is 0.462 e. The van der Waals surface area contributed by atoms with Crippen molar-refractivity contribution in [1.82, 2.24) is 0 Å². The van der Waals surface area contributed by atoms with Gasteiger partial charge in [-0.3, -0.25) is 9.59 Å². The van der Waals surface area contributed by atoms with E-state index in [1.165, 1.54) is 276 Å². The molecule has 0 saturated heterocycles. The number of hydrogen-bond donors (Lipinski definition) is 1. The van der Waals surface area contributed by atoms with Crippen molar-refractivity contribution in [2.75, 3.05) is 13.2 Å². The number of esters is 2. The average Bonchev–Trinajstić information content (AvgIpc) is 3.55. The molecule has 0 aromatic rings. The number of carbonyl (C=O) groups excluding carboxylic acids is 2. The van der Waals surface area contributed by atoms with Gasteiger partial charge in [0.05, 0.1) is 6.61 Å². The molecule has 0 amide bonds. The lowest BCUT2D eigenvalue weighted by Gasteiger charge is -2.15. The molecule has 0 bridgehead atoms. The Morgan fingerprint density at radius 3 is 0.756 bits per heavy atom.